The van der Waals surface area contributed by atoms with Gasteiger partial charge in [-0.15, -0.1) is 0 Å². The SMILES string of the molecule is Cc1ccc(-n2cnn(CN3CCC(C(=O)c4ccccc4)CC3)c2=S)c(C)c1. The first kappa shape index (κ1) is 19.7. The number of rotatable bonds is 5. The van der Waals surface area contributed by atoms with Crippen LogP contribution in [0.5, 0.6) is 0 Å². The molecule has 0 unspecified atom stereocenters. The molecule has 150 valence electrons. The highest BCUT2D eigenvalue weighted by Crippen LogP contribution is 2.22. The molecule has 5 nitrogen and oxygen atoms in total. The standard InChI is InChI=1S/C23H26N4OS/c1-17-8-9-21(18(2)14-17)26-15-24-27(23(26)29)16-25-12-10-20(11-13-25)22(28)19-6-4-3-5-7-19/h3-9,14-15,20H,10-13,16H2,1-2H3. The van der Waals surface area contributed by atoms with Gasteiger partial charge in [-0.1, -0.05) is 48.0 Å². The van der Waals surface area contributed by atoms with Crippen LogP contribution in [-0.2, 0) is 6.67 Å². The molecule has 0 spiro atoms. The van der Waals surface area contributed by atoms with Crippen molar-refractivity contribution in [3.05, 3.63) is 76.3 Å². The van der Waals surface area contributed by atoms with Gasteiger partial charge in [-0.3, -0.25) is 14.3 Å². The van der Waals surface area contributed by atoms with Gasteiger partial charge in [0.25, 0.3) is 0 Å². The van der Waals surface area contributed by atoms with Crippen molar-refractivity contribution in [2.24, 2.45) is 5.92 Å². The number of aromatic nitrogens is 3. The number of nitrogens with zero attached hydrogens (tertiary/aromatic N) is 4. The highest BCUT2D eigenvalue weighted by atomic mass is 32.1. The Bertz CT molecular complexity index is 1060. The number of carbonyl (C=O) groups excluding carboxylic acids is 1. The van der Waals surface area contributed by atoms with Gasteiger partial charge in [-0.2, -0.15) is 5.10 Å². The summed E-state index contributed by atoms with van der Waals surface area (Å²) in [7, 11) is 0. The van der Waals surface area contributed by atoms with Crippen LogP contribution < -0.4 is 0 Å². The van der Waals surface area contributed by atoms with Gasteiger partial charge in [0.1, 0.15) is 6.33 Å². The molecule has 1 fully saturated rings. The Balaban J connectivity index is 1.41. The van der Waals surface area contributed by atoms with E-state index in [0.717, 1.165) is 37.2 Å². The Labute approximate surface area is 176 Å². The van der Waals surface area contributed by atoms with E-state index in [9.17, 15) is 4.79 Å². The molecule has 0 bridgehead atoms. The third kappa shape index (κ3) is 4.23. The largest absolute Gasteiger partial charge is 0.294 e. The first-order valence-corrected chi connectivity index (χ1v) is 10.5. The minimum Gasteiger partial charge on any atom is -0.294 e. The first-order valence-electron chi connectivity index (χ1n) is 10.1. The number of hydrogen-bond donors (Lipinski definition) is 0. The lowest BCUT2D eigenvalue weighted by Crippen LogP contribution is -2.37. The van der Waals surface area contributed by atoms with Crippen molar-refractivity contribution in [1.82, 2.24) is 19.2 Å². The molecule has 1 aromatic heterocycles. The predicted molar refractivity (Wildman–Crippen MR) is 117 cm³/mol. The zero-order valence-electron chi connectivity index (χ0n) is 16.9. The molecular formula is C23H26N4OS. The van der Waals surface area contributed by atoms with Crippen LogP contribution >= 0.6 is 12.2 Å². The minimum atomic E-state index is 0.106. The van der Waals surface area contributed by atoms with Crippen molar-refractivity contribution in [3.63, 3.8) is 0 Å². The summed E-state index contributed by atoms with van der Waals surface area (Å²) in [5.74, 6) is 0.371. The lowest BCUT2D eigenvalue weighted by molar-refractivity contribution is 0.0803. The maximum atomic E-state index is 12.7. The zero-order valence-corrected chi connectivity index (χ0v) is 17.7. The highest BCUT2D eigenvalue weighted by molar-refractivity contribution is 7.71. The number of hydrogen-bond acceptors (Lipinski definition) is 4. The van der Waals surface area contributed by atoms with E-state index in [1.807, 2.05) is 39.6 Å². The van der Waals surface area contributed by atoms with E-state index in [0.29, 0.717) is 11.4 Å². The van der Waals surface area contributed by atoms with Gasteiger partial charge in [0.15, 0.2) is 5.78 Å². The van der Waals surface area contributed by atoms with E-state index < -0.39 is 0 Å². The van der Waals surface area contributed by atoms with E-state index in [-0.39, 0.29) is 11.7 Å². The summed E-state index contributed by atoms with van der Waals surface area (Å²) in [6.07, 6.45) is 3.54. The zero-order chi connectivity index (χ0) is 20.4. The molecule has 0 saturated carbocycles. The number of piperidine rings is 1. The summed E-state index contributed by atoms with van der Waals surface area (Å²) in [5, 5.41) is 4.52. The second-order valence-electron chi connectivity index (χ2n) is 7.84. The summed E-state index contributed by atoms with van der Waals surface area (Å²) in [5.41, 5.74) is 4.30. The third-order valence-electron chi connectivity index (χ3n) is 5.70. The van der Waals surface area contributed by atoms with E-state index in [2.05, 4.69) is 42.0 Å². The van der Waals surface area contributed by atoms with Crippen LogP contribution in [0.1, 0.15) is 34.3 Å². The topological polar surface area (TPSA) is 43.1 Å². The number of Topliss-reactive ketones (excluding diaryl/α,β-unsaturated/α-hetero) is 1. The van der Waals surface area contributed by atoms with Crippen LogP contribution in [0.25, 0.3) is 5.69 Å². The van der Waals surface area contributed by atoms with Gasteiger partial charge >= 0.3 is 0 Å². The van der Waals surface area contributed by atoms with E-state index in [1.165, 1.54) is 11.1 Å². The number of benzene rings is 2. The summed E-state index contributed by atoms with van der Waals surface area (Å²) < 4.78 is 4.53. The minimum absolute atomic E-state index is 0.106. The van der Waals surface area contributed by atoms with Crippen molar-refractivity contribution in [1.29, 1.82) is 0 Å². The molecule has 4 rings (SSSR count). The molecule has 3 aromatic rings. The third-order valence-corrected chi connectivity index (χ3v) is 6.10. The van der Waals surface area contributed by atoms with Gasteiger partial charge in [0, 0.05) is 24.6 Å². The summed E-state index contributed by atoms with van der Waals surface area (Å²) in [4.78, 5) is 15.0. The lowest BCUT2D eigenvalue weighted by Gasteiger charge is -2.30. The fraction of sp³-hybridized carbons (Fsp3) is 0.348. The molecule has 29 heavy (non-hydrogen) atoms. The Morgan fingerprint density at radius 2 is 1.83 bits per heavy atom. The average Bonchev–Trinajstić information content (AvgIpc) is 3.09. The Morgan fingerprint density at radius 1 is 1.10 bits per heavy atom. The number of ketones is 1. The van der Waals surface area contributed by atoms with Crippen molar-refractivity contribution < 1.29 is 4.79 Å². The van der Waals surface area contributed by atoms with Gasteiger partial charge in [0.05, 0.1) is 12.4 Å². The maximum Gasteiger partial charge on any atom is 0.203 e. The van der Waals surface area contributed by atoms with Crippen LogP contribution in [0.2, 0.25) is 0 Å². The second-order valence-corrected chi connectivity index (χ2v) is 8.20. The summed E-state index contributed by atoms with van der Waals surface area (Å²) >= 11 is 5.68. The predicted octanol–water partition coefficient (Wildman–Crippen LogP) is 4.57. The second kappa shape index (κ2) is 8.43. The Morgan fingerprint density at radius 3 is 2.52 bits per heavy atom. The van der Waals surface area contributed by atoms with Crippen LogP contribution in [0, 0.1) is 24.5 Å². The molecule has 0 radical (unpaired) electrons. The number of carbonyl (C=O) groups is 1. The van der Waals surface area contributed by atoms with Crippen LogP contribution in [0.3, 0.4) is 0 Å². The van der Waals surface area contributed by atoms with Crippen LogP contribution in [0.15, 0.2) is 54.9 Å². The van der Waals surface area contributed by atoms with Crippen LogP contribution in [0.4, 0.5) is 0 Å². The molecule has 1 saturated heterocycles. The molecule has 0 atom stereocenters. The smallest absolute Gasteiger partial charge is 0.203 e. The normalized spacial score (nSPS) is 15.5. The number of likely N-dealkylation sites (tertiary alicyclic amines) is 1. The fourth-order valence-electron chi connectivity index (χ4n) is 4.04. The monoisotopic (exact) mass is 406 g/mol. The molecule has 2 aromatic carbocycles. The van der Waals surface area contributed by atoms with Gasteiger partial charge in [-0.05, 0) is 50.5 Å². The molecule has 6 heteroatoms. The molecule has 0 aliphatic carbocycles. The molecule has 0 N–H and O–H groups in total. The Kier molecular flexibility index (Phi) is 5.74. The molecular weight excluding hydrogens is 380 g/mol. The lowest BCUT2D eigenvalue weighted by atomic mass is 9.89. The first-order chi connectivity index (χ1) is 14.0. The van der Waals surface area contributed by atoms with Crippen molar-refractivity contribution >= 4 is 18.0 Å². The van der Waals surface area contributed by atoms with Crippen LogP contribution in [-0.4, -0.2) is 38.1 Å². The fourth-order valence-corrected chi connectivity index (χ4v) is 4.29. The van der Waals surface area contributed by atoms with Crippen molar-refractivity contribution in [3.8, 4) is 5.69 Å². The van der Waals surface area contributed by atoms with Gasteiger partial charge < -0.3 is 0 Å². The Hall–Kier alpha value is -2.57. The molecule has 0 amide bonds. The number of aryl methyl sites for hydroxylation is 2. The van der Waals surface area contributed by atoms with Gasteiger partial charge in [0.2, 0.25) is 4.77 Å². The van der Waals surface area contributed by atoms with E-state index >= 15 is 0 Å². The van der Waals surface area contributed by atoms with E-state index in [1.54, 1.807) is 6.33 Å². The summed E-state index contributed by atoms with van der Waals surface area (Å²) in [6, 6.07) is 16.0. The van der Waals surface area contributed by atoms with E-state index in [4.69, 9.17) is 12.2 Å². The van der Waals surface area contributed by atoms with Crippen molar-refractivity contribution in [2.45, 2.75) is 33.4 Å². The average molecular weight is 407 g/mol. The maximum absolute atomic E-state index is 12.7. The highest BCUT2D eigenvalue weighted by Gasteiger charge is 2.26. The molecule has 2 heterocycles. The molecule has 1 aliphatic heterocycles. The van der Waals surface area contributed by atoms with Crippen molar-refractivity contribution in [2.75, 3.05) is 13.1 Å². The molecule has 1 aliphatic rings. The summed E-state index contributed by atoms with van der Waals surface area (Å²) in [6.45, 7) is 6.59. The quantitative estimate of drug-likeness (QED) is 0.460. The van der Waals surface area contributed by atoms with Gasteiger partial charge in [-0.25, -0.2) is 4.68 Å².